The van der Waals surface area contributed by atoms with Crippen LogP contribution in [-0.4, -0.2) is 19.5 Å². The number of fused-ring (bicyclic) bond motifs is 10. The molecule has 0 unspecified atom stereocenters. The lowest BCUT2D eigenvalue weighted by molar-refractivity contribution is 0.634. The second-order valence-corrected chi connectivity index (χ2v) is 9.66. The molecule has 9 aromatic rings. The molecule has 39 heavy (non-hydrogen) atoms. The van der Waals surface area contributed by atoms with Crippen LogP contribution in [0.15, 0.2) is 118 Å². The minimum atomic E-state index is 0.539. The molecule has 0 atom stereocenters. The predicted molar refractivity (Wildman–Crippen MR) is 154 cm³/mol. The number of hydrogen-bond donors (Lipinski definition) is 0. The minimum absolute atomic E-state index is 0.539. The average Bonchev–Trinajstić information content (AvgIpc) is 3.65. The van der Waals surface area contributed by atoms with Crippen LogP contribution in [0.4, 0.5) is 0 Å². The van der Waals surface area contributed by atoms with Crippen molar-refractivity contribution in [1.29, 1.82) is 0 Å². The van der Waals surface area contributed by atoms with Crippen molar-refractivity contribution in [3.63, 3.8) is 0 Å². The number of hydrogen-bond acceptors (Lipinski definition) is 5. The fraction of sp³-hybridized carbons (Fsp3) is 0. The van der Waals surface area contributed by atoms with Gasteiger partial charge >= 0.3 is 0 Å². The smallest absolute Gasteiger partial charge is 0.236 e. The van der Waals surface area contributed by atoms with Gasteiger partial charge in [-0.2, -0.15) is 0 Å². The highest BCUT2D eigenvalue weighted by atomic mass is 16.4. The van der Waals surface area contributed by atoms with Crippen molar-refractivity contribution in [2.24, 2.45) is 0 Å². The fourth-order valence-electron chi connectivity index (χ4n) is 5.78. The molecule has 182 valence electrons. The van der Waals surface area contributed by atoms with Gasteiger partial charge in [0.05, 0.1) is 11.2 Å². The van der Waals surface area contributed by atoms with E-state index < -0.39 is 0 Å². The maximum absolute atomic E-state index is 6.39. The Morgan fingerprint density at radius 3 is 1.87 bits per heavy atom. The van der Waals surface area contributed by atoms with Crippen LogP contribution in [0, 0.1) is 0 Å². The highest BCUT2D eigenvalue weighted by Gasteiger charge is 2.26. The molecule has 0 aliphatic heterocycles. The average molecular weight is 503 g/mol. The second-order valence-electron chi connectivity index (χ2n) is 9.66. The van der Waals surface area contributed by atoms with Crippen molar-refractivity contribution in [2.45, 2.75) is 0 Å². The Hall–Kier alpha value is -5.49. The van der Waals surface area contributed by atoms with Gasteiger partial charge in [-0.25, -0.2) is 9.97 Å². The van der Waals surface area contributed by atoms with Crippen molar-refractivity contribution < 1.29 is 8.83 Å². The summed E-state index contributed by atoms with van der Waals surface area (Å²) in [4.78, 5) is 15.1. The first-order valence-corrected chi connectivity index (χ1v) is 12.8. The Morgan fingerprint density at radius 1 is 0.538 bits per heavy atom. The summed E-state index contributed by atoms with van der Waals surface area (Å²) in [6.45, 7) is 0. The monoisotopic (exact) mass is 502 g/mol. The van der Waals surface area contributed by atoms with E-state index in [0.29, 0.717) is 17.1 Å². The third kappa shape index (κ3) is 2.77. The molecule has 4 aromatic carbocycles. The van der Waals surface area contributed by atoms with E-state index in [1.54, 1.807) is 6.20 Å². The van der Waals surface area contributed by atoms with Crippen molar-refractivity contribution in [3.05, 3.63) is 109 Å². The second kappa shape index (κ2) is 7.52. The first-order valence-electron chi connectivity index (χ1n) is 12.8. The minimum Gasteiger partial charge on any atom is -0.450 e. The number of rotatable bonds is 2. The highest BCUT2D eigenvalue weighted by molar-refractivity contribution is 6.20. The summed E-state index contributed by atoms with van der Waals surface area (Å²) in [5.41, 5.74) is 7.14. The fourth-order valence-corrected chi connectivity index (χ4v) is 5.78. The summed E-state index contributed by atoms with van der Waals surface area (Å²) in [6.07, 6.45) is 1.79. The van der Waals surface area contributed by atoms with E-state index in [1.807, 2.05) is 66.7 Å². The van der Waals surface area contributed by atoms with Crippen LogP contribution in [-0.2, 0) is 0 Å². The lowest BCUT2D eigenvalue weighted by atomic mass is 10.0. The third-order valence-corrected chi connectivity index (χ3v) is 7.48. The summed E-state index contributed by atoms with van der Waals surface area (Å²) in [6, 6.07) is 34.5. The van der Waals surface area contributed by atoms with Gasteiger partial charge in [-0.15, -0.1) is 0 Å². The molecule has 0 saturated carbocycles. The first kappa shape index (κ1) is 20.6. The summed E-state index contributed by atoms with van der Waals surface area (Å²) in [5.74, 6) is 0.539. The van der Waals surface area contributed by atoms with E-state index in [9.17, 15) is 0 Å². The first-order chi connectivity index (χ1) is 19.3. The Bertz CT molecular complexity index is 2310. The van der Waals surface area contributed by atoms with Gasteiger partial charge in [-0.1, -0.05) is 60.7 Å². The van der Waals surface area contributed by atoms with Gasteiger partial charge < -0.3 is 8.83 Å². The van der Waals surface area contributed by atoms with Crippen LogP contribution in [0.1, 0.15) is 0 Å². The molecule has 0 aliphatic carbocycles. The molecule has 6 heteroatoms. The summed E-state index contributed by atoms with van der Waals surface area (Å²) in [7, 11) is 0. The largest absolute Gasteiger partial charge is 0.450 e. The summed E-state index contributed by atoms with van der Waals surface area (Å²) in [5, 5.41) is 5.08. The normalized spacial score (nSPS) is 12.1. The van der Waals surface area contributed by atoms with Gasteiger partial charge in [-0.05, 0) is 47.9 Å². The van der Waals surface area contributed by atoms with Crippen molar-refractivity contribution in [1.82, 2.24) is 19.5 Å². The van der Waals surface area contributed by atoms with Gasteiger partial charge in [0.1, 0.15) is 27.9 Å². The van der Waals surface area contributed by atoms with Crippen LogP contribution in [0.5, 0.6) is 0 Å². The standard InChI is InChI=1S/C33H18N4O2/c1-2-10-20-19(9-1)16-17-23-27(20)35-33(36-28(23)24-13-7-8-18-34-24)37-29-21-11-3-5-14-25(21)38-31(29)32-30(37)22-12-4-6-15-26(22)39-32/h1-18H. The van der Waals surface area contributed by atoms with Gasteiger partial charge in [0.2, 0.25) is 5.95 Å². The summed E-state index contributed by atoms with van der Waals surface area (Å²) >= 11 is 0. The van der Waals surface area contributed by atoms with E-state index in [2.05, 4.69) is 45.9 Å². The van der Waals surface area contributed by atoms with Crippen molar-refractivity contribution >= 4 is 65.8 Å². The molecule has 0 fully saturated rings. The Balaban J connectivity index is 1.52. The molecule has 0 bridgehead atoms. The van der Waals surface area contributed by atoms with E-state index in [-0.39, 0.29) is 0 Å². The number of benzene rings is 4. The Kier molecular flexibility index (Phi) is 3.96. The van der Waals surface area contributed by atoms with Gasteiger partial charge in [0.15, 0.2) is 11.2 Å². The van der Waals surface area contributed by atoms with Crippen molar-refractivity contribution in [3.8, 4) is 17.3 Å². The van der Waals surface area contributed by atoms with Crippen molar-refractivity contribution in [2.75, 3.05) is 0 Å². The molecule has 0 amide bonds. The number of aromatic nitrogens is 4. The molecule has 0 N–H and O–H groups in total. The zero-order valence-corrected chi connectivity index (χ0v) is 20.5. The Labute approximate surface area is 220 Å². The number of para-hydroxylation sites is 2. The molecule has 0 saturated heterocycles. The van der Waals surface area contributed by atoms with Crippen LogP contribution >= 0.6 is 0 Å². The molecule has 0 radical (unpaired) electrons. The molecular weight excluding hydrogens is 484 g/mol. The lowest BCUT2D eigenvalue weighted by Gasteiger charge is -2.12. The number of pyridine rings is 1. The highest BCUT2D eigenvalue weighted by Crippen LogP contribution is 2.43. The van der Waals surface area contributed by atoms with Gasteiger partial charge in [-0.3, -0.25) is 9.55 Å². The Morgan fingerprint density at radius 2 is 1.18 bits per heavy atom. The zero-order valence-electron chi connectivity index (χ0n) is 20.5. The SMILES string of the molecule is c1ccc(-c2nc(-n3c4c5ccccc5oc4c4oc5ccccc5c43)nc3c2ccc2ccccc23)nc1. The number of furan rings is 2. The molecular formula is C33H18N4O2. The predicted octanol–water partition coefficient (Wildman–Crippen LogP) is 8.43. The molecule has 5 aromatic heterocycles. The van der Waals surface area contributed by atoms with Crippen LogP contribution in [0.25, 0.3) is 83.1 Å². The van der Waals surface area contributed by atoms with E-state index in [0.717, 1.165) is 66.0 Å². The topological polar surface area (TPSA) is 69.9 Å². The van der Waals surface area contributed by atoms with Gasteiger partial charge in [0.25, 0.3) is 0 Å². The molecule has 6 nitrogen and oxygen atoms in total. The molecule has 0 aliphatic rings. The van der Waals surface area contributed by atoms with Crippen LogP contribution in [0.3, 0.4) is 0 Å². The quantitative estimate of drug-likeness (QED) is 0.222. The lowest BCUT2D eigenvalue weighted by Crippen LogP contribution is -2.04. The summed E-state index contributed by atoms with van der Waals surface area (Å²) < 4.78 is 14.9. The maximum atomic E-state index is 6.39. The number of nitrogens with zero attached hydrogens (tertiary/aromatic N) is 4. The van der Waals surface area contributed by atoms with E-state index in [1.165, 1.54) is 0 Å². The van der Waals surface area contributed by atoms with Crippen LogP contribution < -0.4 is 0 Å². The zero-order chi connectivity index (χ0) is 25.5. The van der Waals surface area contributed by atoms with Crippen LogP contribution in [0.2, 0.25) is 0 Å². The third-order valence-electron chi connectivity index (χ3n) is 7.48. The van der Waals surface area contributed by atoms with E-state index >= 15 is 0 Å². The molecule has 5 heterocycles. The van der Waals surface area contributed by atoms with Gasteiger partial charge in [0, 0.05) is 27.7 Å². The molecule has 9 rings (SSSR count). The maximum Gasteiger partial charge on any atom is 0.236 e. The van der Waals surface area contributed by atoms with E-state index in [4.69, 9.17) is 18.8 Å². The molecule has 0 spiro atoms.